The fraction of sp³-hybridized carbons (Fsp3) is 0.444. The summed E-state index contributed by atoms with van der Waals surface area (Å²) < 4.78 is 4.85. The summed E-state index contributed by atoms with van der Waals surface area (Å²) in [5, 5.41) is 0. The highest BCUT2D eigenvalue weighted by atomic mass is 16.5. The van der Waals surface area contributed by atoms with Crippen LogP contribution in [0, 0.1) is 19.8 Å². The average Bonchev–Trinajstić information content (AvgIpc) is 2.65. The first kappa shape index (κ1) is 17.1. The van der Waals surface area contributed by atoms with E-state index in [9.17, 15) is 9.59 Å². The minimum atomic E-state index is -0.168. The zero-order valence-electron chi connectivity index (χ0n) is 14.7. The highest BCUT2D eigenvalue weighted by Gasteiger charge is 2.27. The number of nitrogens with zero attached hydrogens (tertiary/aromatic N) is 3. The van der Waals surface area contributed by atoms with E-state index in [1.807, 2.05) is 19.1 Å². The van der Waals surface area contributed by atoms with Crippen molar-refractivity contribution in [3.63, 3.8) is 0 Å². The lowest BCUT2D eigenvalue weighted by molar-refractivity contribution is -0.145. The summed E-state index contributed by atoms with van der Waals surface area (Å²) >= 11 is 0. The molecule has 0 amide bonds. The predicted molar refractivity (Wildman–Crippen MR) is 94.5 cm³/mol. The second-order valence-electron chi connectivity index (χ2n) is 6.34. The Morgan fingerprint density at radius 2 is 2.16 bits per heavy atom. The van der Waals surface area contributed by atoms with E-state index in [1.54, 1.807) is 13.1 Å². The smallest absolute Gasteiger partial charge is 0.310 e. The van der Waals surface area contributed by atoms with Crippen LogP contribution in [-0.2, 0) is 9.53 Å². The van der Waals surface area contributed by atoms with E-state index in [1.165, 1.54) is 7.11 Å². The first-order chi connectivity index (χ1) is 12.0. The van der Waals surface area contributed by atoms with Crippen LogP contribution < -0.4 is 10.5 Å². The summed E-state index contributed by atoms with van der Waals surface area (Å²) in [6.45, 7) is 5.03. The Hall–Kier alpha value is -2.70. The number of nitrogens with one attached hydrogen (secondary N) is 1. The van der Waals surface area contributed by atoms with Gasteiger partial charge in [-0.3, -0.25) is 9.59 Å². The number of anilines is 1. The van der Waals surface area contributed by atoms with Gasteiger partial charge >= 0.3 is 5.97 Å². The molecule has 132 valence electrons. The number of aromatic amines is 1. The number of carbonyl (C=O) groups is 1. The monoisotopic (exact) mass is 342 g/mol. The maximum atomic E-state index is 11.9. The molecule has 0 aliphatic carbocycles. The minimum Gasteiger partial charge on any atom is -0.469 e. The number of rotatable bonds is 3. The van der Waals surface area contributed by atoms with E-state index in [2.05, 4.69) is 19.9 Å². The van der Waals surface area contributed by atoms with Gasteiger partial charge in [-0.15, -0.1) is 0 Å². The summed E-state index contributed by atoms with van der Waals surface area (Å²) in [4.78, 5) is 37.5. The van der Waals surface area contributed by atoms with Gasteiger partial charge in [-0.2, -0.15) is 0 Å². The predicted octanol–water partition coefficient (Wildman–Crippen LogP) is 1.84. The number of ether oxygens (including phenoxy) is 1. The topological polar surface area (TPSA) is 88.2 Å². The number of aromatic nitrogens is 3. The van der Waals surface area contributed by atoms with Gasteiger partial charge < -0.3 is 14.6 Å². The SMILES string of the molecule is COC(=O)[C@@H]1CCCN(c2ccc(-c3nc(C)c(C)c(=O)[nH]3)cn2)C1. The number of hydrogen-bond donors (Lipinski definition) is 1. The van der Waals surface area contributed by atoms with Crippen LogP contribution in [0.4, 0.5) is 5.82 Å². The zero-order valence-corrected chi connectivity index (χ0v) is 14.7. The second-order valence-corrected chi connectivity index (χ2v) is 6.34. The third-order valence-corrected chi connectivity index (χ3v) is 4.70. The van der Waals surface area contributed by atoms with Gasteiger partial charge in [-0.05, 0) is 38.8 Å². The minimum absolute atomic E-state index is 0.113. The normalized spacial score (nSPS) is 17.4. The van der Waals surface area contributed by atoms with Crippen molar-refractivity contribution in [3.05, 3.63) is 39.9 Å². The first-order valence-electron chi connectivity index (χ1n) is 8.36. The molecule has 7 heteroatoms. The van der Waals surface area contributed by atoms with Crippen LogP contribution in [-0.4, -0.2) is 41.1 Å². The van der Waals surface area contributed by atoms with Crippen molar-refractivity contribution in [2.24, 2.45) is 5.92 Å². The molecule has 1 saturated heterocycles. The average molecular weight is 342 g/mol. The van der Waals surface area contributed by atoms with E-state index in [-0.39, 0.29) is 17.4 Å². The fourth-order valence-corrected chi connectivity index (χ4v) is 3.04. The van der Waals surface area contributed by atoms with Crippen LogP contribution in [0.15, 0.2) is 23.1 Å². The highest BCUT2D eigenvalue weighted by Crippen LogP contribution is 2.24. The van der Waals surface area contributed by atoms with Gasteiger partial charge in [0, 0.05) is 36.1 Å². The van der Waals surface area contributed by atoms with E-state index >= 15 is 0 Å². The summed E-state index contributed by atoms with van der Waals surface area (Å²) in [5.74, 6) is 1.04. The zero-order chi connectivity index (χ0) is 18.0. The molecule has 25 heavy (non-hydrogen) atoms. The fourth-order valence-electron chi connectivity index (χ4n) is 3.04. The molecule has 0 radical (unpaired) electrons. The summed E-state index contributed by atoms with van der Waals surface area (Å²) in [7, 11) is 1.42. The van der Waals surface area contributed by atoms with Gasteiger partial charge in [0.15, 0.2) is 0 Å². The molecular formula is C18H22N4O3. The number of methoxy groups -OCH3 is 1. The molecule has 1 aliphatic heterocycles. The van der Waals surface area contributed by atoms with Crippen molar-refractivity contribution >= 4 is 11.8 Å². The number of piperidine rings is 1. The third kappa shape index (κ3) is 3.55. The standard InChI is InChI=1S/C18H22N4O3/c1-11-12(2)20-16(21-17(11)23)13-6-7-15(19-9-13)22-8-4-5-14(10-22)18(24)25-3/h6-7,9,14H,4-5,8,10H2,1-3H3,(H,20,21,23)/t14-/m1/s1. The second kappa shape index (κ2) is 7.04. The Balaban J connectivity index is 1.81. The molecule has 1 N–H and O–H groups in total. The molecule has 1 aliphatic rings. The molecule has 1 atom stereocenters. The van der Waals surface area contributed by atoms with Crippen molar-refractivity contribution in [3.8, 4) is 11.4 Å². The molecular weight excluding hydrogens is 320 g/mol. The van der Waals surface area contributed by atoms with Crippen LogP contribution in [0.5, 0.6) is 0 Å². The summed E-state index contributed by atoms with van der Waals surface area (Å²) in [5.41, 5.74) is 1.95. The molecule has 3 rings (SSSR count). The van der Waals surface area contributed by atoms with Gasteiger partial charge in [-0.25, -0.2) is 9.97 Å². The van der Waals surface area contributed by atoms with Crippen molar-refractivity contribution in [2.75, 3.05) is 25.1 Å². The molecule has 0 unspecified atom stereocenters. The van der Waals surface area contributed by atoms with Gasteiger partial charge in [-0.1, -0.05) is 0 Å². The highest BCUT2D eigenvalue weighted by molar-refractivity contribution is 5.73. The van der Waals surface area contributed by atoms with E-state index in [0.717, 1.165) is 30.8 Å². The molecule has 0 bridgehead atoms. The number of hydrogen-bond acceptors (Lipinski definition) is 6. The van der Waals surface area contributed by atoms with Crippen LogP contribution in [0.25, 0.3) is 11.4 Å². The Morgan fingerprint density at radius 3 is 2.80 bits per heavy atom. The molecule has 2 aromatic rings. The maximum absolute atomic E-state index is 11.9. The van der Waals surface area contributed by atoms with Crippen molar-refractivity contribution in [1.29, 1.82) is 0 Å². The van der Waals surface area contributed by atoms with Gasteiger partial charge in [0.1, 0.15) is 11.6 Å². The third-order valence-electron chi connectivity index (χ3n) is 4.70. The van der Waals surface area contributed by atoms with Crippen molar-refractivity contribution < 1.29 is 9.53 Å². The Bertz CT molecular complexity index is 829. The molecule has 2 aromatic heterocycles. The number of esters is 1. The van der Waals surface area contributed by atoms with Crippen LogP contribution in [0.2, 0.25) is 0 Å². The molecule has 7 nitrogen and oxygen atoms in total. The lowest BCUT2D eigenvalue weighted by Gasteiger charge is -2.32. The van der Waals surface area contributed by atoms with Crippen LogP contribution in [0.1, 0.15) is 24.1 Å². The Morgan fingerprint density at radius 1 is 1.36 bits per heavy atom. The Labute approximate surface area is 146 Å². The van der Waals surface area contributed by atoms with Crippen LogP contribution in [0.3, 0.4) is 0 Å². The molecule has 0 aromatic carbocycles. The number of H-pyrrole nitrogens is 1. The maximum Gasteiger partial charge on any atom is 0.310 e. The molecule has 0 spiro atoms. The van der Waals surface area contributed by atoms with Crippen molar-refractivity contribution in [2.45, 2.75) is 26.7 Å². The van der Waals surface area contributed by atoms with E-state index < -0.39 is 0 Å². The van der Waals surface area contributed by atoms with E-state index in [4.69, 9.17) is 4.74 Å². The van der Waals surface area contributed by atoms with Gasteiger partial charge in [0.05, 0.1) is 13.0 Å². The van der Waals surface area contributed by atoms with Gasteiger partial charge in [0.2, 0.25) is 0 Å². The number of carbonyl (C=O) groups excluding carboxylic acids is 1. The van der Waals surface area contributed by atoms with Crippen LogP contribution >= 0.6 is 0 Å². The quantitative estimate of drug-likeness (QED) is 0.856. The number of pyridine rings is 1. The summed E-state index contributed by atoms with van der Waals surface area (Å²) in [6, 6.07) is 3.78. The molecule has 3 heterocycles. The first-order valence-corrected chi connectivity index (χ1v) is 8.36. The lowest BCUT2D eigenvalue weighted by atomic mass is 9.98. The van der Waals surface area contributed by atoms with Gasteiger partial charge in [0.25, 0.3) is 5.56 Å². The Kier molecular flexibility index (Phi) is 4.83. The lowest BCUT2D eigenvalue weighted by Crippen LogP contribution is -2.39. The summed E-state index contributed by atoms with van der Waals surface area (Å²) in [6.07, 6.45) is 3.47. The van der Waals surface area contributed by atoms with E-state index in [0.29, 0.717) is 23.6 Å². The molecule has 1 fully saturated rings. The number of aryl methyl sites for hydroxylation is 1. The molecule has 0 saturated carbocycles. The van der Waals surface area contributed by atoms with Crippen molar-refractivity contribution in [1.82, 2.24) is 15.0 Å². The largest absolute Gasteiger partial charge is 0.469 e.